The first-order valence-corrected chi connectivity index (χ1v) is 4.32. The van der Waals surface area contributed by atoms with Crippen molar-refractivity contribution in [2.45, 2.75) is 23.4 Å². The molecule has 0 heterocycles. The van der Waals surface area contributed by atoms with E-state index in [1.807, 2.05) is 0 Å². The van der Waals surface area contributed by atoms with E-state index in [0.29, 0.717) is 0 Å². The van der Waals surface area contributed by atoms with E-state index >= 15 is 0 Å². The van der Waals surface area contributed by atoms with E-state index in [1.165, 1.54) is 44.4 Å². The fourth-order valence-corrected chi connectivity index (χ4v) is 1.06. The number of rotatable bonds is 2. The molecule has 0 bridgehead atoms. The molecule has 0 aromatic rings. The van der Waals surface area contributed by atoms with Gasteiger partial charge in [-0.2, -0.15) is 0 Å². The van der Waals surface area contributed by atoms with Crippen LogP contribution in [-0.2, 0) is 4.79 Å². The molecule has 0 fully saturated rings. The standard InChI is InChI=1S/C4H9.CH2O2.Na/c1-3-4-2;2-1-3;/h1,3-4H2,2H3;1H,(H,2,3);. The fourth-order valence-electron chi connectivity index (χ4n) is 0.354. The molecule has 0 amide bonds. The molecule has 0 aliphatic heterocycles. The van der Waals surface area contributed by atoms with Gasteiger partial charge in [0.2, 0.25) is 0 Å². The summed E-state index contributed by atoms with van der Waals surface area (Å²) in [7, 11) is 0. The van der Waals surface area contributed by atoms with Crippen molar-refractivity contribution in [2.75, 3.05) is 0 Å². The van der Waals surface area contributed by atoms with Crippen molar-refractivity contribution < 1.29 is 9.90 Å². The summed E-state index contributed by atoms with van der Waals surface area (Å²) in [5, 5.41) is 6.89. The minimum absolute atomic E-state index is 0.250. The molecule has 0 aromatic heterocycles. The Morgan fingerprint density at radius 2 is 2.12 bits per heavy atom. The molecule has 0 unspecified atom stereocenters. The summed E-state index contributed by atoms with van der Waals surface area (Å²) in [6.45, 7) is 1.98. The van der Waals surface area contributed by atoms with Gasteiger partial charge in [-0.05, 0) is 0 Å². The van der Waals surface area contributed by atoms with E-state index in [9.17, 15) is 0 Å². The minimum Gasteiger partial charge on any atom is -0.483 e. The first kappa shape index (κ1) is 11.3. The third-order valence-corrected chi connectivity index (χ3v) is 1.41. The molecule has 1 N–H and O–H groups in total. The summed E-state index contributed by atoms with van der Waals surface area (Å²) in [6.07, 6.45) is 2.83. The Labute approximate surface area is 67.7 Å². The fraction of sp³-hybridized carbons (Fsp3) is 0.800. The van der Waals surface area contributed by atoms with Crippen LogP contribution < -0.4 is 0 Å². The van der Waals surface area contributed by atoms with Gasteiger partial charge in [-0.3, -0.25) is 4.79 Å². The predicted molar refractivity (Wildman–Crippen MR) is 34.2 cm³/mol. The van der Waals surface area contributed by atoms with Crippen LogP contribution in [0.25, 0.3) is 0 Å². The van der Waals surface area contributed by atoms with Gasteiger partial charge in [0.25, 0.3) is 6.47 Å². The van der Waals surface area contributed by atoms with Crippen LogP contribution in [0.3, 0.4) is 0 Å². The van der Waals surface area contributed by atoms with Gasteiger partial charge < -0.3 is 5.11 Å². The molecular formula is C5H11NaO2. The SMILES string of the molecule is CCC[CH2][Na].O=CO. The van der Waals surface area contributed by atoms with Gasteiger partial charge in [0.05, 0.1) is 0 Å². The van der Waals surface area contributed by atoms with Crippen LogP contribution >= 0.6 is 0 Å². The van der Waals surface area contributed by atoms with Crippen molar-refractivity contribution in [1.82, 2.24) is 0 Å². The molecule has 0 radical (unpaired) electrons. The minimum atomic E-state index is -0.250. The third-order valence-electron chi connectivity index (χ3n) is 0.707. The van der Waals surface area contributed by atoms with Gasteiger partial charge >= 0.3 is 51.4 Å². The summed E-state index contributed by atoms with van der Waals surface area (Å²) in [4.78, 5) is 8.36. The van der Waals surface area contributed by atoms with Crippen LogP contribution in [0, 0.1) is 0 Å². The molecule has 0 aliphatic carbocycles. The summed E-state index contributed by atoms with van der Waals surface area (Å²) >= 11 is 1.40. The Balaban J connectivity index is 0. The average Bonchev–Trinajstić information content (AvgIpc) is 1.71. The molecule has 0 spiro atoms. The Morgan fingerprint density at radius 3 is 2.12 bits per heavy atom. The number of hydrogen-bond donors (Lipinski definition) is 1. The monoisotopic (exact) mass is 126 g/mol. The number of unbranched alkanes of at least 4 members (excludes halogenated alkanes) is 1. The van der Waals surface area contributed by atoms with Crippen molar-refractivity contribution in [1.29, 1.82) is 0 Å². The van der Waals surface area contributed by atoms with E-state index in [1.54, 1.807) is 0 Å². The van der Waals surface area contributed by atoms with Crippen molar-refractivity contribution in [2.24, 2.45) is 0 Å². The van der Waals surface area contributed by atoms with E-state index < -0.39 is 0 Å². The second-order valence-electron chi connectivity index (χ2n) is 1.46. The number of carbonyl (C=O) groups is 1. The third kappa shape index (κ3) is 31.7. The van der Waals surface area contributed by atoms with E-state index in [0.717, 1.165) is 0 Å². The first-order chi connectivity index (χ1) is 3.83. The molecule has 8 heavy (non-hydrogen) atoms. The van der Waals surface area contributed by atoms with Crippen molar-refractivity contribution in [3.05, 3.63) is 0 Å². The molecular weight excluding hydrogens is 115 g/mol. The zero-order chi connectivity index (χ0) is 6.83. The second kappa shape index (κ2) is 15.6. The first-order valence-electron chi connectivity index (χ1n) is 2.91. The van der Waals surface area contributed by atoms with Gasteiger partial charge in [-0.15, -0.1) is 0 Å². The molecule has 0 atom stereocenters. The van der Waals surface area contributed by atoms with Crippen molar-refractivity contribution in [3.63, 3.8) is 0 Å². The zero-order valence-corrected chi connectivity index (χ0v) is 7.55. The van der Waals surface area contributed by atoms with Gasteiger partial charge in [0, 0.05) is 0 Å². The summed E-state index contributed by atoms with van der Waals surface area (Å²) in [6, 6.07) is 0. The zero-order valence-electron chi connectivity index (χ0n) is 5.55. The summed E-state index contributed by atoms with van der Waals surface area (Å²) in [5.74, 6) is 0. The Bertz CT molecular complexity index is 37.4. The Morgan fingerprint density at radius 1 is 1.75 bits per heavy atom. The van der Waals surface area contributed by atoms with Crippen LogP contribution in [0.5, 0.6) is 0 Å². The molecule has 0 aliphatic rings. The molecule has 44 valence electrons. The number of hydrogen-bond acceptors (Lipinski definition) is 1. The average molecular weight is 126 g/mol. The topological polar surface area (TPSA) is 37.3 Å². The Kier molecular flexibility index (Phi) is 22.1. The van der Waals surface area contributed by atoms with Gasteiger partial charge in [-0.1, -0.05) is 0 Å². The van der Waals surface area contributed by atoms with Crippen LogP contribution in [-0.4, -0.2) is 39.5 Å². The Hall–Kier alpha value is 0.470. The predicted octanol–water partition coefficient (Wildman–Crippen LogP) is 1.07. The van der Waals surface area contributed by atoms with Gasteiger partial charge in [0.15, 0.2) is 0 Å². The maximum atomic E-state index is 8.36. The normalized spacial score (nSPS) is 6.88. The summed E-state index contributed by atoms with van der Waals surface area (Å²) in [5.41, 5.74) is 0. The summed E-state index contributed by atoms with van der Waals surface area (Å²) < 4.78 is 1.48. The van der Waals surface area contributed by atoms with E-state index in [-0.39, 0.29) is 6.47 Å². The number of carboxylic acid groups (broad SMARTS) is 1. The smallest absolute Gasteiger partial charge is 0.290 e. The largest absolute Gasteiger partial charge is 0.483 e. The van der Waals surface area contributed by atoms with Gasteiger partial charge in [0.1, 0.15) is 0 Å². The molecule has 0 rings (SSSR count). The molecule has 2 nitrogen and oxygen atoms in total. The van der Waals surface area contributed by atoms with E-state index in [2.05, 4.69) is 6.92 Å². The van der Waals surface area contributed by atoms with Crippen LogP contribution in [0.15, 0.2) is 0 Å². The molecule has 0 aromatic carbocycles. The maximum Gasteiger partial charge on any atom is 0.290 e. The van der Waals surface area contributed by atoms with Crippen LogP contribution in [0.4, 0.5) is 0 Å². The second-order valence-corrected chi connectivity index (χ2v) is 2.46. The molecule has 0 saturated heterocycles. The van der Waals surface area contributed by atoms with E-state index in [4.69, 9.17) is 9.90 Å². The maximum absolute atomic E-state index is 8.36. The van der Waals surface area contributed by atoms with Crippen molar-refractivity contribution in [3.8, 4) is 0 Å². The molecule has 0 saturated carbocycles. The van der Waals surface area contributed by atoms with Gasteiger partial charge in [-0.25, -0.2) is 0 Å². The van der Waals surface area contributed by atoms with Crippen LogP contribution in [0.2, 0.25) is 3.67 Å². The molecule has 3 heteroatoms. The van der Waals surface area contributed by atoms with Crippen molar-refractivity contribution >= 4 is 34.4 Å². The van der Waals surface area contributed by atoms with Crippen LogP contribution in [0.1, 0.15) is 19.8 Å². The quantitative estimate of drug-likeness (QED) is 0.444.